The molecule has 1 saturated heterocycles. The molecule has 1 aliphatic carbocycles. The lowest BCUT2D eigenvalue weighted by Gasteiger charge is -2.39. The Hall–Kier alpha value is -0.0800. The van der Waals surface area contributed by atoms with Gasteiger partial charge in [0.05, 0.1) is 11.7 Å². The second-order valence-electron chi connectivity index (χ2n) is 5.80. The van der Waals surface area contributed by atoms with Crippen molar-refractivity contribution in [3.63, 3.8) is 0 Å². The summed E-state index contributed by atoms with van der Waals surface area (Å²) in [5.74, 6) is 1.68. The van der Waals surface area contributed by atoms with Gasteiger partial charge in [-0.25, -0.2) is 0 Å². The van der Waals surface area contributed by atoms with Crippen LogP contribution in [0, 0.1) is 11.8 Å². The smallest absolute Gasteiger partial charge is 0.0705 e. The summed E-state index contributed by atoms with van der Waals surface area (Å²) in [6.07, 6.45) is 8.07. The van der Waals surface area contributed by atoms with Crippen molar-refractivity contribution in [2.45, 2.75) is 64.1 Å². The molecule has 1 saturated carbocycles. The van der Waals surface area contributed by atoms with Crippen LogP contribution in [0.15, 0.2) is 0 Å². The van der Waals surface area contributed by atoms with E-state index in [-0.39, 0.29) is 5.60 Å². The Morgan fingerprint density at radius 3 is 2.73 bits per heavy atom. The van der Waals surface area contributed by atoms with Crippen LogP contribution in [0.3, 0.4) is 0 Å². The quantitative estimate of drug-likeness (QED) is 0.762. The second kappa shape index (κ2) is 4.42. The van der Waals surface area contributed by atoms with Gasteiger partial charge in [-0.05, 0) is 43.9 Å². The number of hydrogen-bond donors (Lipinski definition) is 1. The second-order valence-corrected chi connectivity index (χ2v) is 5.80. The molecule has 1 spiro atoms. The molecular formula is C13H25NO. The fourth-order valence-electron chi connectivity index (χ4n) is 3.33. The van der Waals surface area contributed by atoms with E-state index in [9.17, 15) is 0 Å². The highest BCUT2D eigenvalue weighted by molar-refractivity contribution is 4.94. The minimum atomic E-state index is 0.219. The predicted molar refractivity (Wildman–Crippen MR) is 62.7 cm³/mol. The van der Waals surface area contributed by atoms with Crippen LogP contribution in [0.4, 0.5) is 0 Å². The van der Waals surface area contributed by atoms with Gasteiger partial charge in [0.2, 0.25) is 0 Å². The molecule has 1 heterocycles. The van der Waals surface area contributed by atoms with Gasteiger partial charge in [-0.15, -0.1) is 0 Å². The minimum Gasteiger partial charge on any atom is -0.370 e. The molecule has 0 aromatic rings. The van der Waals surface area contributed by atoms with Gasteiger partial charge in [0.1, 0.15) is 0 Å². The lowest BCUT2D eigenvalue weighted by Crippen LogP contribution is -2.38. The molecule has 2 fully saturated rings. The molecule has 0 aromatic heterocycles. The molecule has 2 rings (SSSR count). The summed E-state index contributed by atoms with van der Waals surface area (Å²) >= 11 is 0. The number of nitrogens with two attached hydrogens (primary N) is 1. The third kappa shape index (κ3) is 2.36. The molecule has 0 amide bonds. The van der Waals surface area contributed by atoms with Crippen molar-refractivity contribution in [3.8, 4) is 0 Å². The van der Waals surface area contributed by atoms with E-state index in [1.54, 1.807) is 0 Å². The maximum Gasteiger partial charge on any atom is 0.0705 e. The summed E-state index contributed by atoms with van der Waals surface area (Å²) in [6.45, 7) is 5.40. The van der Waals surface area contributed by atoms with Crippen LogP contribution in [0.2, 0.25) is 0 Å². The molecule has 0 radical (unpaired) electrons. The normalized spacial score (nSPS) is 41.6. The zero-order valence-electron chi connectivity index (χ0n) is 10.2. The molecule has 2 nitrogen and oxygen atoms in total. The summed E-state index contributed by atoms with van der Waals surface area (Å²) in [5.41, 5.74) is 5.91. The highest BCUT2D eigenvalue weighted by Gasteiger charge is 2.43. The molecule has 1 aliphatic heterocycles. The Bertz CT molecular complexity index is 217. The van der Waals surface area contributed by atoms with Crippen molar-refractivity contribution in [1.82, 2.24) is 0 Å². The molecule has 2 aliphatic rings. The third-order valence-corrected chi connectivity index (χ3v) is 4.39. The largest absolute Gasteiger partial charge is 0.370 e. The van der Waals surface area contributed by atoms with Gasteiger partial charge >= 0.3 is 0 Å². The molecule has 2 N–H and O–H groups in total. The average Bonchev–Trinajstić information content (AvgIpc) is 2.61. The van der Waals surface area contributed by atoms with Crippen LogP contribution in [-0.4, -0.2) is 18.2 Å². The lowest BCUT2D eigenvalue weighted by atomic mass is 9.72. The van der Waals surface area contributed by atoms with E-state index in [0.29, 0.717) is 12.6 Å². The molecule has 2 heteroatoms. The molecular weight excluding hydrogens is 186 g/mol. The molecule has 0 aromatic carbocycles. The van der Waals surface area contributed by atoms with Gasteiger partial charge in [-0.3, -0.25) is 0 Å². The highest BCUT2D eigenvalue weighted by atomic mass is 16.5. The molecule has 3 unspecified atom stereocenters. The van der Waals surface area contributed by atoms with Crippen LogP contribution in [-0.2, 0) is 4.74 Å². The average molecular weight is 211 g/mol. The van der Waals surface area contributed by atoms with Crippen LogP contribution in [0.5, 0.6) is 0 Å². The standard InChI is InChI=1S/C13H25NO/c1-10(2)11-4-3-6-13(8-11)7-5-12(9-14)15-13/h10-12H,3-9,14H2,1-2H3. The van der Waals surface area contributed by atoms with E-state index < -0.39 is 0 Å². The monoisotopic (exact) mass is 211 g/mol. The Balaban J connectivity index is 1.97. The summed E-state index contributed by atoms with van der Waals surface area (Å²) < 4.78 is 6.19. The van der Waals surface area contributed by atoms with Crippen molar-refractivity contribution < 1.29 is 4.74 Å². The van der Waals surface area contributed by atoms with E-state index in [4.69, 9.17) is 10.5 Å². The van der Waals surface area contributed by atoms with Crippen molar-refractivity contribution in [3.05, 3.63) is 0 Å². The van der Waals surface area contributed by atoms with Crippen LogP contribution >= 0.6 is 0 Å². The number of ether oxygens (including phenoxy) is 1. The Morgan fingerprint density at radius 1 is 1.33 bits per heavy atom. The first-order valence-electron chi connectivity index (χ1n) is 6.53. The molecule has 3 atom stereocenters. The Kier molecular flexibility index (Phi) is 3.36. The van der Waals surface area contributed by atoms with E-state index in [0.717, 1.165) is 11.8 Å². The number of hydrogen-bond acceptors (Lipinski definition) is 2. The van der Waals surface area contributed by atoms with Crippen LogP contribution < -0.4 is 5.73 Å². The van der Waals surface area contributed by atoms with Gasteiger partial charge in [-0.2, -0.15) is 0 Å². The SMILES string of the molecule is CC(C)C1CCCC2(CCC(CN)O2)C1. The fraction of sp³-hybridized carbons (Fsp3) is 1.00. The topological polar surface area (TPSA) is 35.2 Å². The molecule has 88 valence electrons. The van der Waals surface area contributed by atoms with Gasteiger partial charge in [0.25, 0.3) is 0 Å². The zero-order chi connectivity index (χ0) is 10.9. The Labute approximate surface area is 93.6 Å². The van der Waals surface area contributed by atoms with E-state index >= 15 is 0 Å². The van der Waals surface area contributed by atoms with Crippen molar-refractivity contribution in [2.75, 3.05) is 6.54 Å². The predicted octanol–water partition coefficient (Wildman–Crippen LogP) is 2.71. The Morgan fingerprint density at radius 2 is 2.13 bits per heavy atom. The fourth-order valence-corrected chi connectivity index (χ4v) is 3.33. The third-order valence-electron chi connectivity index (χ3n) is 4.39. The minimum absolute atomic E-state index is 0.219. The zero-order valence-corrected chi connectivity index (χ0v) is 10.2. The van der Waals surface area contributed by atoms with E-state index in [1.165, 1.54) is 38.5 Å². The molecule has 0 bridgehead atoms. The number of rotatable bonds is 2. The maximum atomic E-state index is 6.19. The van der Waals surface area contributed by atoms with Crippen molar-refractivity contribution in [2.24, 2.45) is 17.6 Å². The summed E-state index contributed by atoms with van der Waals surface area (Å²) in [5, 5.41) is 0. The first-order valence-corrected chi connectivity index (χ1v) is 6.53. The van der Waals surface area contributed by atoms with Crippen LogP contribution in [0.25, 0.3) is 0 Å². The van der Waals surface area contributed by atoms with E-state index in [1.807, 2.05) is 0 Å². The van der Waals surface area contributed by atoms with Crippen molar-refractivity contribution in [1.29, 1.82) is 0 Å². The van der Waals surface area contributed by atoms with Crippen molar-refractivity contribution >= 4 is 0 Å². The summed E-state index contributed by atoms with van der Waals surface area (Å²) in [6, 6.07) is 0. The van der Waals surface area contributed by atoms with Gasteiger partial charge in [0, 0.05) is 6.54 Å². The summed E-state index contributed by atoms with van der Waals surface area (Å²) in [4.78, 5) is 0. The van der Waals surface area contributed by atoms with Gasteiger partial charge in [-0.1, -0.05) is 20.3 Å². The summed E-state index contributed by atoms with van der Waals surface area (Å²) in [7, 11) is 0. The maximum absolute atomic E-state index is 6.19. The van der Waals surface area contributed by atoms with E-state index in [2.05, 4.69) is 13.8 Å². The van der Waals surface area contributed by atoms with Gasteiger partial charge in [0.15, 0.2) is 0 Å². The van der Waals surface area contributed by atoms with Gasteiger partial charge < -0.3 is 10.5 Å². The van der Waals surface area contributed by atoms with Crippen LogP contribution in [0.1, 0.15) is 52.4 Å². The lowest BCUT2D eigenvalue weighted by molar-refractivity contribution is -0.0775. The highest BCUT2D eigenvalue weighted by Crippen LogP contribution is 2.45. The first kappa shape index (κ1) is 11.4. The molecule has 15 heavy (non-hydrogen) atoms. The first-order chi connectivity index (χ1) is 7.15.